The van der Waals surface area contributed by atoms with Crippen molar-refractivity contribution < 1.29 is 20.6 Å². The third-order valence-corrected chi connectivity index (χ3v) is 10.7. The summed E-state index contributed by atoms with van der Waals surface area (Å²) >= 11 is 3.16. The van der Waals surface area contributed by atoms with E-state index in [0.29, 0.717) is 11.4 Å². The molecule has 0 N–H and O–H groups in total. The fourth-order valence-electron chi connectivity index (χ4n) is 6.16. The molecule has 2 aromatic heterocycles. The molecule has 0 aliphatic rings. The molecular formula is C46H29NS2. The summed E-state index contributed by atoms with van der Waals surface area (Å²) < 4.78 is 138. The zero-order valence-corrected chi connectivity index (χ0v) is 27.0. The van der Waals surface area contributed by atoms with Crippen molar-refractivity contribution in [3.63, 3.8) is 0 Å². The first-order chi connectivity index (χ1) is 30.5. The van der Waals surface area contributed by atoms with Gasteiger partial charge in [0.15, 0.2) is 0 Å². The molecule has 8 aromatic carbocycles. The highest BCUT2D eigenvalue weighted by Crippen LogP contribution is 2.43. The van der Waals surface area contributed by atoms with Crippen molar-refractivity contribution in [1.82, 2.24) is 0 Å². The van der Waals surface area contributed by atoms with E-state index >= 15 is 0 Å². The van der Waals surface area contributed by atoms with Crippen molar-refractivity contribution in [3.05, 3.63) is 176 Å². The molecule has 49 heavy (non-hydrogen) atoms. The van der Waals surface area contributed by atoms with E-state index < -0.39 is 124 Å². The predicted molar refractivity (Wildman–Crippen MR) is 215 cm³/mol. The van der Waals surface area contributed by atoms with Gasteiger partial charge in [-0.15, -0.1) is 22.7 Å². The van der Waals surface area contributed by atoms with Crippen molar-refractivity contribution in [2.75, 3.05) is 4.90 Å². The number of thiophene rings is 2. The molecule has 0 spiro atoms. The molecule has 2 heterocycles. The molecule has 0 radical (unpaired) electrons. The molecule has 0 aliphatic carbocycles. The van der Waals surface area contributed by atoms with Crippen LogP contribution in [-0.2, 0) is 0 Å². The van der Waals surface area contributed by atoms with Gasteiger partial charge in [-0.05, 0) is 93.6 Å². The third kappa shape index (κ3) is 4.90. The SMILES string of the molecule is [2H]c1c([2H])c([2H])c(-c2c([2H])c([2H])c3c([2H])c(-c4c([2H])c([2H])c(N(c5ccc6c(c5)sc5ccccc56)c5ccc6c(c5)sc5ccccc56)c([2H])c4[2H])c([2H])c([2H])c3c2[2H])c([2H])c1[2H]. The lowest BCUT2D eigenvalue weighted by molar-refractivity contribution is 1.30. The summed E-state index contributed by atoms with van der Waals surface area (Å²) in [4.78, 5) is 1.67. The second-order valence-corrected chi connectivity index (χ2v) is 13.5. The molecule has 10 rings (SSSR count). The van der Waals surface area contributed by atoms with E-state index in [-0.39, 0.29) is 5.69 Å². The second kappa shape index (κ2) is 11.5. The Morgan fingerprint density at radius 1 is 0.388 bits per heavy atom. The zero-order chi connectivity index (χ0) is 45.4. The van der Waals surface area contributed by atoms with E-state index in [0.717, 1.165) is 40.3 Å². The summed E-state index contributed by atoms with van der Waals surface area (Å²) in [5.41, 5.74) is -1.12. The van der Waals surface area contributed by atoms with Crippen LogP contribution in [0.25, 0.3) is 73.4 Å². The lowest BCUT2D eigenvalue weighted by Gasteiger charge is -2.26. The van der Waals surface area contributed by atoms with Crippen LogP contribution in [0, 0.1) is 0 Å². The first-order valence-corrected chi connectivity index (χ1v) is 17.0. The number of rotatable bonds is 5. The molecule has 0 atom stereocenters. The largest absolute Gasteiger partial charge is 0.310 e. The molecule has 0 saturated carbocycles. The van der Waals surface area contributed by atoms with Crippen molar-refractivity contribution in [1.29, 1.82) is 0 Å². The second-order valence-electron chi connectivity index (χ2n) is 11.4. The van der Waals surface area contributed by atoms with Gasteiger partial charge in [0.2, 0.25) is 0 Å². The van der Waals surface area contributed by atoms with Gasteiger partial charge in [-0.3, -0.25) is 0 Å². The Balaban J connectivity index is 1.22. The molecular weight excluding hydrogens is 631 g/mol. The maximum Gasteiger partial charge on any atom is 0.0645 e. The van der Waals surface area contributed by atoms with Gasteiger partial charge in [0.05, 0.1) is 20.6 Å². The normalized spacial score (nSPS) is 16.0. The molecule has 10 aromatic rings. The first kappa shape index (κ1) is 17.1. The summed E-state index contributed by atoms with van der Waals surface area (Å²) in [5, 5.41) is 3.20. The Morgan fingerprint density at radius 2 is 0.857 bits per heavy atom. The van der Waals surface area contributed by atoms with Crippen LogP contribution in [0.2, 0.25) is 0 Å². The average Bonchev–Trinajstić information content (AvgIpc) is 3.86. The Kier molecular flexibility index (Phi) is 3.99. The van der Waals surface area contributed by atoms with Crippen LogP contribution in [0.1, 0.15) is 20.6 Å². The molecule has 0 amide bonds. The smallest absolute Gasteiger partial charge is 0.0645 e. The minimum atomic E-state index is -0.774. The average molecular weight is 675 g/mol. The van der Waals surface area contributed by atoms with E-state index in [1.165, 1.54) is 0 Å². The summed E-state index contributed by atoms with van der Waals surface area (Å²) in [6, 6.07) is 17.1. The lowest BCUT2D eigenvalue weighted by atomic mass is 9.97. The van der Waals surface area contributed by atoms with Crippen LogP contribution in [0.5, 0.6) is 0 Å². The molecule has 1 nitrogen and oxygen atoms in total. The highest BCUT2D eigenvalue weighted by molar-refractivity contribution is 7.26. The monoisotopic (exact) mass is 674 g/mol. The number of benzene rings is 8. The van der Waals surface area contributed by atoms with Crippen LogP contribution in [0.4, 0.5) is 17.1 Å². The molecule has 230 valence electrons. The van der Waals surface area contributed by atoms with E-state index in [4.69, 9.17) is 13.7 Å². The van der Waals surface area contributed by atoms with Crippen molar-refractivity contribution in [2.24, 2.45) is 0 Å². The van der Waals surface area contributed by atoms with Gasteiger partial charge in [0.25, 0.3) is 0 Å². The maximum absolute atomic E-state index is 9.56. The summed E-state index contributed by atoms with van der Waals surface area (Å²) in [6.45, 7) is 0. The molecule has 0 saturated heterocycles. The van der Waals surface area contributed by atoms with E-state index in [1.807, 2.05) is 84.9 Å². The number of anilines is 3. The maximum atomic E-state index is 9.56. The van der Waals surface area contributed by atoms with Crippen LogP contribution < -0.4 is 4.90 Å². The third-order valence-electron chi connectivity index (χ3n) is 8.45. The predicted octanol–water partition coefficient (Wildman–Crippen LogP) is 14.4. The topological polar surface area (TPSA) is 3.24 Å². The van der Waals surface area contributed by atoms with Crippen molar-refractivity contribution in [2.45, 2.75) is 0 Å². The highest BCUT2D eigenvalue weighted by atomic mass is 32.1. The zero-order valence-electron chi connectivity index (χ0n) is 40.3. The van der Waals surface area contributed by atoms with Crippen LogP contribution in [0.3, 0.4) is 0 Å². The number of hydrogen-bond donors (Lipinski definition) is 0. The van der Waals surface area contributed by atoms with Gasteiger partial charge in [0, 0.05) is 57.4 Å². The van der Waals surface area contributed by atoms with Gasteiger partial charge in [-0.1, -0.05) is 115 Å². The minimum absolute atomic E-state index is 0.115. The van der Waals surface area contributed by atoms with Gasteiger partial charge < -0.3 is 4.90 Å². The Bertz CT molecular complexity index is 3540. The van der Waals surface area contributed by atoms with Crippen LogP contribution >= 0.6 is 22.7 Å². The van der Waals surface area contributed by atoms with Gasteiger partial charge in [0.1, 0.15) is 0 Å². The van der Waals surface area contributed by atoms with E-state index in [1.54, 1.807) is 27.6 Å². The lowest BCUT2D eigenvalue weighted by Crippen LogP contribution is -2.09. The summed E-state index contributed by atoms with van der Waals surface area (Å²) in [5.74, 6) is 0. The van der Waals surface area contributed by atoms with E-state index in [9.17, 15) is 6.85 Å². The number of hydrogen-bond acceptors (Lipinski definition) is 3. The fourth-order valence-corrected chi connectivity index (χ4v) is 8.44. The van der Waals surface area contributed by atoms with Gasteiger partial charge in [-0.2, -0.15) is 0 Å². The van der Waals surface area contributed by atoms with Crippen molar-refractivity contribution in [3.8, 4) is 22.3 Å². The quantitative estimate of drug-likeness (QED) is 0.176. The molecule has 0 aliphatic heterocycles. The molecule has 3 heteroatoms. The standard InChI is InChI=1S/C46H29NS2/c1-2-8-30(9-3-1)32-14-16-35-27-33(15-17-34(35)26-32)31-18-20-36(21-19-31)47(37-22-24-41-39-10-4-6-12-43(39)48-45(41)28-37)38-23-25-42-40-11-5-7-13-44(40)49-46(42)29-38/h1-29H/i1D,2D,3D,8D,9D,14D,15D,16D,17D,18D,19D,20D,21D,26D,27D. The minimum Gasteiger partial charge on any atom is -0.310 e. The van der Waals surface area contributed by atoms with Crippen LogP contribution in [-0.4, -0.2) is 0 Å². The van der Waals surface area contributed by atoms with E-state index in [2.05, 4.69) is 0 Å². The van der Waals surface area contributed by atoms with Gasteiger partial charge >= 0.3 is 0 Å². The highest BCUT2D eigenvalue weighted by Gasteiger charge is 2.17. The number of fused-ring (bicyclic) bond motifs is 7. The van der Waals surface area contributed by atoms with Crippen LogP contribution in [0.15, 0.2) is 176 Å². The Labute approximate surface area is 313 Å². The Morgan fingerprint density at radius 3 is 1.41 bits per heavy atom. The number of nitrogens with zero attached hydrogens (tertiary/aromatic N) is 1. The Hall–Kier alpha value is -5.74. The van der Waals surface area contributed by atoms with Gasteiger partial charge in [-0.25, -0.2) is 0 Å². The summed E-state index contributed by atoms with van der Waals surface area (Å²) in [6.07, 6.45) is 0. The molecule has 0 bridgehead atoms. The van der Waals surface area contributed by atoms with Crippen molar-refractivity contribution >= 4 is 90.9 Å². The fraction of sp³-hybridized carbons (Fsp3) is 0. The molecule has 0 fully saturated rings. The summed E-state index contributed by atoms with van der Waals surface area (Å²) in [7, 11) is 0. The first-order valence-electron chi connectivity index (χ1n) is 22.9. The molecule has 0 unspecified atom stereocenters.